The summed E-state index contributed by atoms with van der Waals surface area (Å²) in [6.45, 7) is 5.35. The standard InChI is InChI=1S/C24H29N5O2/c1-17(16-30-2)26-24-21-15-29(14-18-4-6-20(31-3)7-5-18)13-10-22(21)27-23(28-24)19-8-11-25-12-9-19/h4-9,11-12,17H,10,13-16H2,1-3H3,(H,26,27,28)/t17-/m1/s1. The molecule has 1 aromatic carbocycles. The smallest absolute Gasteiger partial charge is 0.161 e. The van der Waals surface area contributed by atoms with Crippen molar-refractivity contribution in [3.8, 4) is 17.1 Å². The van der Waals surface area contributed by atoms with E-state index in [4.69, 9.17) is 19.4 Å². The number of anilines is 1. The van der Waals surface area contributed by atoms with Crippen molar-refractivity contribution in [2.24, 2.45) is 0 Å². The summed E-state index contributed by atoms with van der Waals surface area (Å²) < 4.78 is 10.6. The third-order valence-corrected chi connectivity index (χ3v) is 5.44. The summed E-state index contributed by atoms with van der Waals surface area (Å²) in [7, 11) is 3.41. The first-order valence-corrected chi connectivity index (χ1v) is 10.6. The Morgan fingerprint density at radius 2 is 1.84 bits per heavy atom. The van der Waals surface area contributed by atoms with E-state index < -0.39 is 0 Å². The molecule has 0 amide bonds. The maximum atomic E-state index is 5.32. The number of aromatic nitrogens is 3. The van der Waals surface area contributed by atoms with Gasteiger partial charge in [-0.05, 0) is 36.8 Å². The number of ether oxygens (including phenoxy) is 2. The van der Waals surface area contributed by atoms with Crippen molar-refractivity contribution in [1.82, 2.24) is 19.9 Å². The number of fused-ring (bicyclic) bond motifs is 1. The van der Waals surface area contributed by atoms with Gasteiger partial charge in [-0.3, -0.25) is 9.88 Å². The summed E-state index contributed by atoms with van der Waals surface area (Å²) >= 11 is 0. The average molecular weight is 420 g/mol. The van der Waals surface area contributed by atoms with Crippen LogP contribution >= 0.6 is 0 Å². The Labute approximate surface area is 183 Å². The number of nitrogens with one attached hydrogen (secondary N) is 1. The highest BCUT2D eigenvalue weighted by atomic mass is 16.5. The molecule has 3 heterocycles. The van der Waals surface area contributed by atoms with Gasteiger partial charge in [0.1, 0.15) is 11.6 Å². The molecular weight excluding hydrogens is 390 g/mol. The quantitative estimate of drug-likeness (QED) is 0.599. The molecule has 0 saturated carbocycles. The van der Waals surface area contributed by atoms with Crippen molar-refractivity contribution in [2.45, 2.75) is 32.5 Å². The summed E-state index contributed by atoms with van der Waals surface area (Å²) in [6, 6.07) is 12.3. The van der Waals surface area contributed by atoms with Gasteiger partial charge in [-0.2, -0.15) is 0 Å². The maximum absolute atomic E-state index is 5.32. The Morgan fingerprint density at radius 3 is 2.55 bits per heavy atom. The van der Waals surface area contributed by atoms with Gasteiger partial charge in [0.15, 0.2) is 5.82 Å². The van der Waals surface area contributed by atoms with E-state index >= 15 is 0 Å². The van der Waals surface area contributed by atoms with Crippen LogP contribution in [0.4, 0.5) is 5.82 Å². The lowest BCUT2D eigenvalue weighted by molar-refractivity contribution is 0.190. The van der Waals surface area contributed by atoms with Crippen LogP contribution in [0.3, 0.4) is 0 Å². The zero-order valence-corrected chi connectivity index (χ0v) is 18.3. The van der Waals surface area contributed by atoms with Crippen LogP contribution in [0.5, 0.6) is 5.75 Å². The number of nitrogens with zero attached hydrogens (tertiary/aromatic N) is 4. The van der Waals surface area contributed by atoms with Gasteiger partial charge < -0.3 is 14.8 Å². The van der Waals surface area contributed by atoms with Crippen LogP contribution in [0, 0.1) is 0 Å². The molecule has 0 aliphatic carbocycles. The number of methoxy groups -OCH3 is 2. The lowest BCUT2D eigenvalue weighted by Gasteiger charge is -2.30. The number of rotatable bonds is 8. The van der Waals surface area contributed by atoms with Gasteiger partial charge in [-0.15, -0.1) is 0 Å². The van der Waals surface area contributed by atoms with Crippen molar-refractivity contribution >= 4 is 5.82 Å². The number of hydrogen-bond acceptors (Lipinski definition) is 7. The SMILES string of the molecule is COC[C@@H](C)Nc1nc(-c2ccncc2)nc2c1CN(Cc1ccc(OC)cc1)CC2. The minimum Gasteiger partial charge on any atom is -0.497 e. The van der Waals surface area contributed by atoms with Gasteiger partial charge in [-0.1, -0.05) is 12.1 Å². The van der Waals surface area contributed by atoms with E-state index in [2.05, 4.69) is 34.3 Å². The molecule has 4 rings (SSSR count). The molecule has 2 aromatic heterocycles. The zero-order chi connectivity index (χ0) is 21.6. The van der Waals surface area contributed by atoms with E-state index in [0.29, 0.717) is 6.61 Å². The van der Waals surface area contributed by atoms with E-state index in [0.717, 1.165) is 54.7 Å². The Balaban J connectivity index is 1.60. The van der Waals surface area contributed by atoms with Crippen LogP contribution in [0.25, 0.3) is 11.4 Å². The Bertz CT molecular complexity index is 995. The van der Waals surface area contributed by atoms with Gasteiger partial charge in [0, 0.05) is 62.7 Å². The van der Waals surface area contributed by atoms with Crippen LogP contribution in [0.1, 0.15) is 23.7 Å². The lowest BCUT2D eigenvalue weighted by Crippen LogP contribution is -2.33. The van der Waals surface area contributed by atoms with Crippen molar-refractivity contribution in [2.75, 3.05) is 32.7 Å². The lowest BCUT2D eigenvalue weighted by atomic mass is 10.0. The number of hydrogen-bond donors (Lipinski definition) is 1. The molecule has 1 atom stereocenters. The third-order valence-electron chi connectivity index (χ3n) is 5.44. The summed E-state index contributed by atoms with van der Waals surface area (Å²) in [6.07, 6.45) is 4.43. The molecule has 7 nitrogen and oxygen atoms in total. The second kappa shape index (κ2) is 9.85. The molecule has 0 spiro atoms. The van der Waals surface area contributed by atoms with Crippen LogP contribution in [0.15, 0.2) is 48.8 Å². The van der Waals surface area contributed by atoms with Crippen molar-refractivity contribution in [3.05, 3.63) is 65.6 Å². The second-order valence-electron chi connectivity index (χ2n) is 7.87. The highest BCUT2D eigenvalue weighted by molar-refractivity contribution is 5.60. The number of benzene rings is 1. The fourth-order valence-corrected chi connectivity index (χ4v) is 3.87. The molecule has 0 fully saturated rings. The van der Waals surface area contributed by atoms with E-state index in [1.807, 2.05) is 24.3 Å². The van der Waals surface area contributed by atoms with E-state index in [1.165, 1.54) is 11.1 Å². The molecule has 1 aliphatic heterocycles. The molecule has 7 heteroatoms. The molecule has 1 aliphatic rings. The summed E-state index contributed by atoms with van der Waals surface area (Å²) in [5.41, 5.74) is 4.52. The minimum absolute atomic E-state index is 0.145. The Hall–Kier alpha value is -3.03. The molecule has 0 unspecified atom stereocenters. The van der Waals surface area contributed by atoms with Crippen molar-refractivity contribution in [3.63, 3.8) is 0 Å². The zero-order valence-electron chi connectivity index (χ0n) is 18.3. The normalized spacial score (nSPS) is 14.7. The van der Waals surface area contributed by atoms with Crippen LogP contribution in [0.2, 0.25) is 0 Å². The fraction of sp³-hybridized carbons (Fsp3) is 0.375. The van der Waals surface area contributed by atoms with Gasteiger partial charge in [0.05, 0.1) is 19.4 Å². The Kier molecular flexibility index (Phi) is 6.74. The monoisotopic (exact) mass is 419 g/mol. The van der Waals surface area contributed by atoms with Crippen molar-refractivity contribution < 1.29 is 9.47 Å². The molecule has 162 valence electrons. The third kappa shape index (κ3) is 5.18. The highest BCUT2D eigenvalue weighted by Gasteiger charge is 2.24. The molecule has 0 radical (unpaired) electrons. The van der Waals surface area contributed by atoms with Gasteiger partial charge in [-0.25, -0.2) is 9.97 Å². The first-order chi connectivity index (χ1) is 15.2. The maximum Gasteiger partial charge on any atom is 0.161 e. The van der Waals surface area contributed by atoms with Crippen LogP contribution in [-0.2, 0) is 24.2 Å². The molecule has 0 bridgehead atoms. The predicted octanol–water partition coefficient (Wildman–Crippen LogP) is 3.55. The van der Waals surface area contributed by atoms with Crippen molar-refractivity contribution in [1.29, 1.82) is 0 Å². The molecule has 0 saturated heterocycles. The highest BCUT2D eigenvalue weighted by Crippen LogP contribution is 2.28. The summed E-state index contributed by atoms with van der Waals surface area (Å²) in [4.78, 5) is 16.4. The predicted molar refractivity (Wildman–Crippen MR) is 121 cm³/mol. The molecule has 1 N–H and O–H groups in total. The average Bonchev–Trinajstić information content (AvgIpc) is 2.80. The fourth-order valence-electron chi connectivity index (χ4n) is 3.87. The second-order valence-corrected chi connectivity index (χ2v) is 7.87. The van der Waals surface area contributed by atoms with Gasteiger partial charge >= 0.3 is 0 Å². The summed E-state index contributed by atoms with van der Waals surface area (Å²) in [5, 5.41) is 3.55. The largest absolute Gasteiger partial charge is 0.497 e. The van der Waals surface area contributed by atoms with E-state index in [-0.39, 0.29) is 6.04 Å². The van der Waals surface area contributed by atoms with E-state index in [1.54, 1.807) is 26.6 Å². The van der Waals surface area contributed by atoms with Gasteiger partial charge in [0.25, 0.3) is 0 Å². The van der Waals surface area contributed by atoms with E-state index in [9.17, 15) is 0 Å². The van der Waals surface area contributed by atoms with Crippen LogP contribution in [-0.4, -0.2) is 53.3 Å². The molecular formula is C24H29N5O2. The minimum atomic E-state index is 0.145. The summed E-state index contributed by atoms with van der Waals surface area (Å²) in [5.74, 6) is 2.50. The first kappa shape index (κ1) is 21.2. The molecule has 3 aromatic rings. The topological polar surface area (TPSA) is 72.4 Å². The van der Waals surface area contributed by atoms with Gasteiger partial charge in [0.2, 0.25) is 0 Å². The molecule has 31 heavy (non-hydrogen) atoms. The first-order valence-electron chi connectivity index (χ1n) is 10.6. The Morgan fingerprint density at radius 1 is 1.06 bits per heavy atom. The number of pyridine rings is 1. The van der Waals surface area contributed by atoms with Crippen LogP contribution < -0.4 is 10.1 Å².